The van der Waals surface area contributed by atoms with E-state index in [2.05, 4.69) is 20.8 Å². The SMILES string of the molecule is CCN(C=O)[N+](CC)(CC)CC. The molecule has 0 fully saturated rings. The number of amides is 1. The third-order valence-corrected chi connectivity index (χ3v) is 2.76. The Kier molecular flexibility index (Phi) is 4.90. The zero-order valence-corrected chi connectivity index (χ0v) is 8.71. The molecule has 1 amide bonds. The fourth-order valence-corrected chi connectivity index (χ4v) is 1.69. The number of quaternary nitrogens is 1. The van der Waals surface area contributed by atoms with Crippen molar-refractivity contribution in [2.24, 2.45) is 0 Å². The molecule has 0 unspecified atom stereocenters. The van der Waals surface area contributed by atoms with Gasteiger partial charge in [-0.25, -0.2) is 4.59 Å². The van der Waals surface area contributed by atoms with Gasteiger partial charge in [-0.15, -0.1) is 0 Å². The fraction of sp³-hybridized carbons (Fsp3) is 0.889. The van der Waals surface area contributed by atoms with Crippen LogP contribution in [-0.2, 0) is 4.79 Å². The number of hydrogen-bond acceptors (Lipinski definition) is 1. The van der Waals surface area contributed by atoms with Crippen LogP contribution in [0.3, 0.4) is 0 Å². The first-order valence-electron chi connectivity index (χ1n) is 4.79. The van der Waals surface area contributed by atoms with Gasteiger partial charge in [0.15, 0.2) is 0 Å². The molecule has 0 rings (SSSR count). The number of carbonyl (C=O) groups excluding carboxylic acids is 1. The van der Waals surface area contributed by atoms with Crippen LogP contribution in [0.2, 0.25) is 0 Å². The van der Waals surface area contributed by atoms with Gasteiger partial charge in [0, 0.05) is 0 Å². The zero-order chi connectivity index (χ0) is 9.61. The van der Waals surface area contributed by atoms with Gasteiger partial charge < -0.3 is 0 Å². The van der Waals surface area contributed by atoms with E-state index in [9.17, 15) is 4.79 Å². The number of rotatable bonds is 6. The second kappa shape index (κ2) is 5.14. The van der Waals surface area contributed by atoms with E-state index in [1.807, 2.05) is 11.9 Å². The first kappa shape index (κ1) is 11.4. The molecule has 0 aliphatic carbocycles. The van der Waals surface area contributed by atoms with Gasteiger partial charge in [0.25, 0.3) is 6.41 Å². The van der Waals surface area contributed by atoms with Crippen molar-refractivity contribution in [2.75, 3.05) is 26.2 Å². The Morgan fingerprint density at radius 1 is 1.08 bits per heavy atom. The molecule has 12 heavy (non-hydrogen) atoms. The normalized spacial score (nSPS) is 11.3. The van der Waals surface area contributed by atoms with Gasteiger partial charge in [-0.1, -0.05) is 0 Å². The van der Waals surface area contributed by atoms with E-state index in [1.54, 1.807) is 0 Å². The highest BCUT2D eigenvalue weighted by Crippen LogP contribution is 2.09. The van der Waals surface area contributed by atoms with Crippen molar-refractivity contribution < 1.29 is 9.39 Å². The third-order valence-electron chi connectivity index (χ3n) is 2.76. The number of carbonyl (C=O) groups is 1. The van der Waals surface area contributed by atoms with Crippen molar-refractivity contribution >= 4 is 6.41 Å². The summed E-state index contributed by atoms with van der Waals surface area (Å²) in [6, 6.07) is 0. The standard InChI is InChI=1S/C9H21N2O/c1-5-10(9-12)11(6-2,7-3)8-4/h9H,5-8H2,1-4H3/q+1. The van der Waals surface area contributed by atoms with Gasteiger partial charge in [-0.2, -0.15) is 5.01 Å². The van der Waals surface area contributed by atoms with Crippen LogP contribution in [0.1, 0.15) is 27.7 Å². The van der Waals surface area contributed by atoms with Crippen molar-refractivity contribution in [2.45, 2.75) is 27.7 Å². The van der Waals surface area contributed by atoms with Crippen LogP contribution in [-0.4, -0.2) is 42.2 Å². The zero-order valence-electron chi connectivity index (χ0n) is 8.71. The fourth-order valence-electron chi connectivity index (χ4n) is 1.69. The first-order chi connectivity index (χ1) is 5.70. The second-order valence-corrected chi connectivity index (χ2v) is 2.90. The monoisotopic (exact) mass is 173 g/mol. The summed E-state index contributed by atoms with van der Waals surface area (Å²) in [7, 11) is 0. The Balaban J connectivity index is 4.53. The average Bonchev–Trinajstić information content (AvgIpc) is 2.14. The van der Waals surface area contributed by atoms with Gasteiger partial charge >= 0.3 is 0 Å². The molecule has 0 spiro atoms. The summed E-state index contributed by atoms with van der Waals surface area (Å²) >= 11 is 0. The summed E-state index contributed by atoms with van der Waals surface area (Å²) in [6.07, 6.45) is 0.955. The number of hydrogen-bond donors (Lipinski definition) is 0. The lowest BCUT2D eigenvalue weighted by Gasteiger charge is -2.41. The second-order valence-electron chi connectivity index (χ2n) is 2.90. The summed E-state index contributed by atoms with van der Waals surface area (Å²) in [5, 5.41) is 1.86. The molecule has 0 saturated carbocycles. The average molecular weight is 173 g/mol. The van der Waals surface area contributed by atoms with Gasteiger partial charge in [-0.3, -0.25) is 4.79 Å². The quantitative estimate of drug-likeness (QED) is 0.336. The highest BCUT2D eigenvalue weighted by atomic mass is 16.2. The predicted molar refractivity (Wildman–Crippen MR) is 50.3 cm³/mol. The van der Waals surface area contributed by atoms with E-state index in [-0.39, 0.29) is 0 Å². The van der Waals surface area contributed by atoms with E-state index in [0.29, 0.717) is 0 Å². The lowest BCUT2D eigenvalue weighted by molar-refractivity contribution is -1.02. The maximum Gasteiger partial charge on any atom is 0.255 e. The highest BCUT2D eigenvalue weighted by Gasteiger charge is 2.27. The molecule has 72 valence electrons. The minimum atomic E-state index is 0.778. The molecule has 3 heteroatoms. The van der Waals surface area contributed by atoms with Crippen molar-refractivity contribution in [3.05, 3.63) is 0 Å². The lowest BCUT2D eigenvalue weighted by atomic mass is 10.4. The molecule has 0 radical (unpaired) electrons. The molecule has 0 heterocycles. The van der Waals surface area contributed by atoms with Gasteiger partial charge in [-0.05, 0) is 27.7 Å². The molecule has 0 aliphatic heterocycles. The smallest absolute Gasteiger partial charge is 0.255 e. The minimum Gasteiger partial charge on any atom is -0.273 e. The molecule has 0 aliphatic rings. The van der Waals surface area contributed by atoms with Crippen LogP contribution in [0.4, 0.5) is 0 Å². The maximum atomic E-state index is 10.8. The Morgan fingerprint density at radius 3 is 1.58 bits per heavy atom. The highest BCUT2D eigenvalue weighted by molar-refractivity contribution is 5.44. The van der Waals surface area contributed by atoms with E-state index in [0.717, 1.165) is 37.2 Å². The van der Waals surface area contributed by atoms with Crippen LogP contribution < -0.4 is 0 Å². The maximum absolute atomic E-state index is 10.8. The van der Waals surface area contributed by atoms with Crippen LogP contribution in [0.5, 0.6) is 0 Å². The summed E-state index contributed by atoms with van der Waals surface area (Å²) in [5.74, 6) is 0. The van der Waals surface area contributed by atoms with Crippen molar-refractivity contribution in [3.63, 3.8) is 0 Å². The summed E-state index contributed by atoms with van der Waals surface area (Å²) in [5.41, 5.74) is 0. The Morgan fingerprint density at radius 2 is 1.50 bits per heavy atom. The van der Waals surface area contributed by atoms with E-state index < -0.39 is 0 Å². The molecule has 0 aromatic carbocycles. The molecule has 0 bridgehead atoms. The van der Waals surface area contributed by atoms with Gasteiger partial charge in [0.2, 0.25) is 0 Å². The van der Waals surface area contributed by atoms with Gasteiger partial charge in [0.1, 0.15) is 0 Å². The number of nitrogens with zero attached hydrogens (tertiary/aromatic N) is 2. The Labute approximate surface area is 75.5 Å². The molecule has 0 aromatic heterocycles. The van der Waals surface area contributed by atoms with Crippen LogP contribution >= 0.6 is 0 Å². The Hall–Kier alpha value is -0.570. The molecule has 0 aromatic rings. The van der Waals surface area contributed by atoms with Crippen molar-refractivity contribution in [1.29, 1.82) is 0 Å². The molecular formula is C9H21N2O+. The molecular weight excluding hydrogens is 152 g/mol. The molecule has 0 saturated heterocycles. The predicted octanol–water partition coefficient (Wildman–Crippen LogP) is 1.26. The van der Waals surface area contributed by atoms with Gasteiger partial charge in [0.05, 0.1) is 26.2 Å². The Bertz CT molecular complexity index is 124. The topological polar surface area (TPSA) is 20.3 Å². The van der Waals surface area contributed by atoms with E-state index >= 15 is 0 Å². The summed E-state index contributed by atoms with van der Waals surface area (Å²) in [4.78, 5) is 10.8. The first-order valence-corrected chi connectivity index (χ1v) is 4.79. The van der Waals surface area contributed by atoms with E-state index in [1.165, 1.54) is 0 Å². The van der Waals surface area contributed by atoms with Crippen molar-refractivity contribution in [1.82, 2.24) is 5.01 Å². The van der Waals surface area contributed by atoms with Crippen molar-refractivity contribution in [3.8, 4) is 0 Å². The van der Waals surface area contributed by atoms with Crippen LogP contribution in [0, 0.1) is 0 Å². The largest absolute Gasteiger partial charge is 0.273 e. The van der Waals surface area contributed by atoms with E-state index in [4.69, 9.17) is 0 Å². The third kappa shape index (κ3) is 1.97. The molecule has 3 nitrogen and oxygen atoms in total. The minimum absolute atomic E-state index is 0.778. The summed E-state index contributed by atoms with van der Waals surface area (Å²) in [6.45, 7) is 12.1. The molecule has 0 N–H and O–H groups in total. The van der Waals surface area contributed by atoms with Crippen LogP contribution in [0.15, 0.2) is 0 Å². The summed E-state index contributed by atoms with van der Waals surface area (Å²) < 4.78 is 0.778. The van der Waals surface area contributed by atoms with Crippen LogP contribution in [0.25, 0.3) is 0 Å². The molecule has 0 atom stereocenters. The lowest BCUT2D eigenvalue weighted by Crippen LogP contribution is -2.59.